The van der Waals surface area contributed by atoms with Crippen molar-refractivity contribution in [1.29, 1.82) is 0 Å². The normalized spacial score (nSPS) is 16.8. The molecule has 106 valence electrons. The van der Waals surface area contributed by atoms with Crippen molar-refractivity contribution in [2.24, 2.45) is 0 Å². The molecular weight excluding hydrogens is 238 g/mol. The molecule has 1 aliphatic heterocycles. The molecule has 1 saturated heterocycles. The fourth-order valence-electron chi connectivity index (χ4n) is 2.46. The Hall–Kier alpha value is -1.13. The highest BCUT2D eigenvalue weighted by Gasteiger charge is 2.19. The van der Waals surface area contributed by atoms with Gasteiger partial charge in [0.15, 0.2) is 0 Å². The van der Waals surface area contributed by atoms with Crippen molar-refractivity contribution < 1.29 is 4.74 Å². The van der Waals surface area contributed by atoms with Crippen molar-refractivity contribution in [2.45, 2.75) is 39.3 Å². The maximum absolute atomic E-state index is 5.68. The van der Waals surface area contributed by atoms with Gasteiger partial charge >= 0.3 is 0 Å². The number of hydrogen-bond donors (Lipinski definition) is 1. The van der Waals surface area contributed by atoms with Crippen LogP contribution in [0.3, 0.4) is 0 Å². The van der Waals surface area contributed by atoms with Gasteiger partial charge in [0.05, 0.1) is 6.10 Å². The predicted octanol–water partition coefficient (Wildman–Crippen LogP) is 2.20. The fraction of sp³-hybridized carbons (Fsp3) is 0.667. The molecule has 0 saturated carbocycles. The third-order valence-electron chi connectivity index (χ3n) is 3.56. The van der Waals surface area contributed by atoms with Gasteiger partial charge in [-0.1, -0.05) is 13.0 Å². The molecule has 0 aromatic carbocycles. The van der Waals surface area contributed by atoms with Crippen molar-refractivity contribution in [3.8, 4) is 0 Å². The Balaban J connectivity index is 1.85. The molecule has 0 aliphatic carbocycles. The van der Waals surface area contributed by atoms with Crippen molar-refractivity contribution in [1.82, 2.24) is 10.3 Å². The van der Waals surface area contributed by atoms with E-state index in [2.05, 4.69) is 41.2 Å². The van der Waals surface area contributed by atoms with Crippen LogP contribution in [0.2, 0.25) is 0 Å². The Morgan fingerprint density at radius 1 is 1.32 bits per heavy atom. The second kappa shape index (κ2) is 7.46. The van der Waals surface area contributed by atoms with Crippen LogP contribution in [0.15, 0.2) is 18.3 Å². The predicted molar refractivity (Wildman–Crippen MR) is 78.5 cm³/mol. The van der Waals surface area contributed by atoms with E-state index in [-0.39, 0.29) is 0 Å². The molecule has 1 N–H and O–H groups in total. The summed E-state index contributed by atoms with van der Waals surface area (Å²) in [4.78, 5) is 6.93. The molecular formula is C15H25N3O. The number of rotatable bonds is 6. The zero-order chi connectivity index (χ0) is 13.5. The third kappa shape index (κ3) is 4.18. The van der Waals surface area contributed by atoms with Crippen LogP contribution >= 0.6 is 0 Å². The molecule has 1 aliphatic rings. The van der Waals surface area contributed by atoms with Gasteiger partial charge < -0.3 is 15.0 Å². The molecule has 1 aromatic heterocycles. The first kappa shape index (κ1) is 14.3. The Labute approximate surface area is 116 Å². The average Bonchev–Trinajstić information content (AvgIpc) is 2.47. The summed E-state index contributed by atoms with van der Waals surface area (Å²) in [6, 6.07) is 4.30. The highest BCUT2D eigenvalue weighted by atomic mass is 16.5. The number of hydrogen-bond acceptors (Lipinski definition) is 4. The quantitative estimate of drug-likeness (QED) is 0.854. The number of anilines is 1. The summed E-state index contributed by atoms with van der Waals surface area (Å²) in [6.45, 7) is 8.99. The molecule has 1 aromatic rings. The molecule has 2 heterocycles. The van der Waals surface area contributed by atoms with Crippen LogP contribution in [0.1, 0.15) is 32.3 Å². The topological polar surface area (TPSA) is 37.4 Å². The van der Waals surface area contributed by atoms with Crippen LogP contribution in [-0.2, 0) is 11.3 Å². The molecule has 1 fully saturated rings. The first-order valence-electron chi connectivity index (χ1n) is 7.35. The van der Waals surface area contributed by atoms with Crippen molar-refractivity contribution in [2.75, 3.05) is 31.1 Å². The van der Waals surface area contributed by atoms with E-state index >= 15 is 0 Å². The number of pyridine rings is 1. The number of nitrogens with zero attached hydrogens (tertiary/aromatic N) is 2. The fourth-order valence-corrected chi connectivity index (χ4v) is 2.46. The van der Waals surface area contributed by atoms with Gasteiger partial charge in [0.1, 0.15) is 5.82 Å². The van der Waals surface area contributed by atoms with Crippen LogP contribution in [-0.4, -0.2) is 37.3 Å². The maximum atomic E-state index is 5.68. The lowest BCUT2D eigenvalue weighted by Gasteiger charge is -2.32. The molecule has 4 nitrogen and oxygen atoms in total. The van der Waals surface area contributed by atoms with E-state index in [1.807, 2.05) is 6.20 Å². The average molecular weight is 263 g/mol. The van der Waals surface area contributed by atoms with E-state index in [4.69, 9.17) is 4.74 Å². The molecule has 0 amide bonds. The van der Waals surface area contributed by atoms with Crippen LogP contribution in [0.4, 0.5) is 5.82 Å². The Bertz CT molecular complexity index is 358. The molecule has 0 bridgehead atoms. The summed E-state index contributed by atoms with van der Waals surface area (Å²) in [5.41, 5.74) is 1.25. The first-order valence-corrected chi connectivity index (χ1v) is 7.35. The number of aromatic nitrogens is 1. The minimum atomic E-state index is 0.439. The largest absolute Gasteiger partial charge is 0.378 e. The third-order valence-corrected chi connectivity index (χ3v) is 3.56. The lowest BCUT2D eigenvalue weighted by Crippen LogP contribution is -2.37. The lowest BCUT2D eigenvalue weighted by atomic mass is 10.1. The maximum Gasteiger partial charge on any atom is 0.128 e. The SMILES string of the molecule is CCNCc1ccc(N2CCC(OCC)CC2)nc1. The second-order valence-electron chi connectivity index (χ2n) is 4.95. The zero-order valence-electron chi connectivity index (χ0n) is 12.1. The molecule has 0 spiro atoms. The molecule has 4 heteroatoms. The second-order valence-corrected chi connectivity index (χ2v) is 4.95. The monoisotopic (exact) mass is 263 g/mol. The van der Waals surface area contributed by atoms with Gasteiger partial charge in [-0.25, -0.2) is 4.98 Å². The summed E-state index contributed by atoms with van der Waals surface area (Å²) >= 11 is 0. The first-order chi connectivity index (χ1) is 9.33. The van der Waals surface area contributed by atoms with E-state index < -0.39 is 0 Å². The highest BCUT2D eigenvalue weighted by molar-refractivity contribution is 5.39. The summed E-state index contributed by atoms with van der Waals surface area (Å²) in [6.07, 6.45) is 4.63. The Morgan fingerprint density at radius 2 is 2.11 bits per heavy atom. The summed E-state index contributed by atoms with van der Waals surface area (Å²) < 4.78 is 5.68. The number of ether oxygens (including phenoxy) is 1. The highest BCUT2D eigenvalue weighted by Crippen LogP contribution is 2.19. The summed E-state index contributed by atoms with van der Waals surface area (Å²) in [7, 11) is 0. The van der Waals surface area contributed by atoms with E-state index in [1.54, 1.807) is 0 Å². The number of nitrogens with one attached hydrogen (secondary N) is 1. The van der Waals surface area contributed by atoms with Crippen molar-refractivity contribution in [3.05, 3.63) is 23.9 Å². The minimum Gasteiger partial charge on any atom is -0.378 e. The summed E-state index contributed by atoms with van der Waals surface area (Å²) in [5, 5.41) is 3.31. The molecule has 0 atom stereocenters. The zero-order valence-corrected chi connectivity index (χ0v) is 12.1. The molecule has 0 unspecified atom stereocenters. The Morgan fingerprint density at radius 3 is 2.68 bits per heavy atom. The summed E-state index contributed by atoms with van der Waals surface area (Å²) in [5.74, 6) is 1.09. The van der Waals surface area contributed by atoms with E-state index in [9.17, 15) is 0 Å². The van der Waals surface area contributed by atoms with Gasteiger partial charge in [0, 0.05) is 32.4 Å². The molecule has 19 heavy (non-hydrogen) atoms. The van der Waals surface area contributed by atoms with Gasteiger partial charge in [-0.2, -0.15) is 0 Å². The van der Waals surface area contributed by atoms with E-state index in [0.717, 1.165) is 51.4 Å². The molecule has 0 radical (unpaired) electrons. The van der Waals surface area contributed by atoms with Gasteiger partial charge in [0.2, 0.25) is 0 Å². The van der Waals surface area contributed by atoms with E-state index in [1.165, 1.54) is 5.56 Å². The van der Waals surface area contributed by atoms with Crippen LogP contribution < -0.4 is 10.2 Å². The van der Waals surface area contributed by atoms with Crippen molar-refractivity contribution in [3.63, 3.8) is 0 Å². The van der Waals surface area contributed by atoms with Crippen molar-refractivity contribution >= 4 is 5.82 Å². The van der Waals surface area contributed by atoms with Gasteiger partial charge in [-0.15, -0.1) is 0 Å². The number of piperidine rings is 1. The lowest BCUT2D eigenvalue weighted by molar-refractivity contribution is 0.0458. The standard InChI is InChI=1S/C15H25N3O/c1-3-16-11-13-5-6-15(17-12-13)18-9-7-14(8-10-18)19-4-2/h5-6,12,14,16H,3-4,7-11H2,1-2H3. The molecule has 2 rings (SSSR count). The van der Waals surface area contributed by atoms with Crippen LogP contribution in [0.5, 0.6) is 0 Å². The smallest absolute Gasteiger partial charge is 0.128 e. The van der Waals surface area contributed by atoms with Gasteiger partial charge in [-0.3, -0.25) is 0 Å². The minimum absolute atomic E-state index is 0.439. The van der Waals surface area contributed by atoms with Crippen LogP contribution in [0, 0.1) is 0 Å². The van der Waals surface area contributed by atoms with Crippen LogP contribution in [0.25, 0.3) is 0 Å². The van der Waals surface area contributed by atoms with E-state index in [0.29, 0.717) is 6.10 Å². The Kier molecular flexibility index (Phi) is 5.61. The van der Waals surface area contributed by atoms with Gasteiger partial charge in [0.25, 0.3) is 0 Å². The van der Waals surface area contributed by atoms with Gasteiger partial charge in [-0.05, 0) is 37.9 Å².